The molecular weight excluding hydrogens is 282 g/mol. The molecule has 1 aliphatic heterocycles. The molecule has 0 spiro atoms. The second-order valence-corrected chi connectivity index (χ2v) is 5.50. The van der Waals surface area contributed by atoms with Gasteiger partial charge in [0.1, 0.15) is 24.1 Å². The molecule has 0 saturated carbocycles. The number of nitrogens with zero attached hydrogens (tertiary/aromatic N) is 4. The van der Waals surface area contributed by atoms with Crippen LogP contribution in [0.5, 0.6) is 0 Å². The fourth-order valence-electron chi connectivity index (χ4n) is 2.32. The van der Waals surface area contributed by atoms with Gasteiger partial charge in [-0.1, -0.05) is 0 Å². The van der Waals surface area contributed by atoms with Crippen molar-refractivity contribution in [2.24, 2.45) is 0 Å². The quantitative estimate of drug-likeness (QED) is 0.686. The fourth-order valence-corrected chi connectivity index (χ4v) is 2.92. The van der Waals surface area contributed by atoms with Gasteiger partial charge in [-0.15, -0.1) is 0 Å². The molecule has 0 aliphatic carbocycles. The number of hydrogen-bond acceptors (Lipinski definition) is 8. The van der Waals surface area contributed by atoms with E-state index in [1.165, 1.54) is 12.7 Å². The van der Waals surface area contributed by atoms with Gasteiger partial charge in [-0.3, -0.25) is 4.57 Å². The van der Waals surface area contributed by atoms with Crippen LogP contribution in [0.2, 0.25) is 0 Å². The summed E-state index contributed by atoms with van der Waals surface area (Å²) in [6.07, 6.45) is 1.58. The molecule has 2 aromatic heterocycles. The number of nitrogen functional groups attached to an aromatic ring is 1. The number of aliphatic hydroxyl groups excluding tert-OH is 2. The van der Waals surface area contributed by atoms with Gasteiger partial charge in [-0.05, 0) is 6.26 Å². The van der Waals surface area contributed by atoms with Gasteiger partial charge in [0, 0.05) is 5.75 Å². The first-order chi connectivity index (χ1) is 9.63. The molecule has 1 aliphatic rings. The summed E-state index contributed by atoms with van der Waals surface area (Å²) in [6, 6.07) is 0. The zero-order chi connectivity index (χ0) is 14.3. The van der Waals surface area contributed by atoms with Gasteiger partial charge < -0.3 is 20.7 Å². The number of nitrogens with two attached hydrogens (primary N) is 1. The molecular formula is C11H15N5O3S. The van der Waals surface area contributed by atoms with E-state index in [-0.39, 0.29) is 5.82 Å². The standard InChI is InChI=1S/C11H15N5O3S/c1-20-2-5-7(17)8(18)11(19-5)16-4-15-6-9(12)13-3-14-10(6)16/h3-5,7-8,11,17-18H,2H2,1H3,(H2,12,13,14)/t5-,7+,8+,11-/m0/s1. The fraction of sp³-hybridized carbons (Fsp3) is 0.545. The lowest BCUT2D eigenvalue weighted by Crippen LogP contribution is -2.32. The maximum absolute atomic E-state index is 10.1. The third-order valence-corrected chi connectivity index (χ3v) is 3.99. The monoisotopic (exact) mass is 297 g/mol. The minimum atomic E-state index is -1.04. The summed E-state index contributed by atoms with van der Waals surface area (Å²) in [5, 5.41) is 20.2. The number of imidazole rings is 1. The van der Waals surface area contributed by atoms with Crippen molar-refractivity contribution in [2.75, 3.05) is 17.7 Å². The van der Waals surface area contributed by atoms with Crippen LogP contribution in [0.4, 0.5) is 5.82 Å². The van der Waals surface area contributed by atoms with Crippen LogP contribution in [0.25, 0.3) is 11.2 Å². The first kappa shape index (κ1) is 13.6. The summed E-state index contributed by atoms with van der Waals surface area (Å²) in [4.78, 5) is 12.1. The van der Waals surface area contributed by atoms with Crippen LogP contribution in [0, 0.1) is 0 Å². The van der Waals surface area contributed by atoms with Crippen molar-refractivity contribution in [3.63, 3.8) is 0 Å². The Hall–Kier alpha value is -1.42. The Labute approximate surface area is 119 Å². The van der Waals surface area contributed by atoms with Crippen molar-refractivity contribution in [3.8, 4) is 0 Å². The van der Waals surface area contributed by atoms with Crippen molar-refractivity contribution in [2.45, 2.75) is 24.5 Å². The molecule has 108 valence electrons. The lowest BCUT2D eigenvalue weighted by atomic mass is 10.1. The molecule has 1 saturated heterocycles. The average molecular weight is 297 g/mol. The molecule has 0 unspecified atom stereocenters. The van der Waals surface area contributed by atoms with E-state index in [2.05, 4.69) is 15.0 Å². The molecule has 9 heteroatoms. The van der Waals surface area contributed by atoms with E-state index in [4.69, 9.17) is 10.5 Å². The summed E-state index contributed by atoms with van der Waals surface area (Å²) in [7, 11) is 0. The summed E-state index contributed by atoms with van der Waals surface area (Å²) < 4.78 is 7.29. The lowest BCUT2D eigenvalue weighted by molar-refractivity contribution is -0.0288. The SMILES string of the molecule is CSC[C@@H]1O[C@H](n2cnc3c(N)ncnc32)[C@H](O)[C@@H]1O. The highest BCUT2D eigenvalue weighted by Gasteiger charge is 2.43. The Morgan fingerprint density at radius 2 is 2.15 bits per heavy atom. The third kappa shape index (κ3) is 2.03. The molecule has 2 aromatic rings. The second-order valence-electron chi connectivity index (χ2n) is 4.58. The first-order valence-corrected chi connectivity index (χ1v) is 7.46. The smallest absolute Gasteiger partial charge is 0.167 e. The van der Waals surface area contributed by atoms with Crippen LogP contribution in [-0.4, -0.2) is 60.1 Å². The Balaban J connectivity index is 1.97. The van der Waals surface area contributed by atoms with Gasteiger partial charge in [-0.2, -0.15) is 11.8 Å². The van der Waals surface area contributed by atoms with Crippen LogP contribution < -0.4 is 5.73 Å². The van der Waals surface area contributed by atoms with E-state index in [1.54, 1.807) is 16.3 Å². The van der Waals surface area contributed by atoms with Gasteiger partial charge >= 0.3 is 0 Å². The van der Waals surface area contributed by atoms with Crippen LogP contribution in [-0.2, 0) is 4.74 Å². The summed E-state index contributed by atoms with van der Waals surface area (Å²) >= 11 is 1.54. The highest BCUT2D eigenvalue weighted by Crippen LogP contribution is 2.32. The molecule has 3 rings (SSSR count). The van der Waals surface area contributed by atoms with E-state index in [0.717, 1.165) is 0 Å². The molecule has 4 N–H and O–H groups in total. The Morgan fingerprint density at radius 1 is 1.35 bits per heavy atom. The average Bonchev–Trinajstić information content (AvgIpc) is 2.97. The maximum atomic E-state index is 10.1. The zero-order valence-corrected chi connectivity index (χ0v) is 11.6. The van der Waals surface area contributed by atoms with Crippen LogP contribution >= 0.6 is 11.8 Å². The van der Waals surface area contributed by atoms with E-state index >= 15 is 0 Å². The summed E-state index contributed by atoms with van der Waals surface area (Å²) in [5.74, 6) is 0.862. The molecule has 4 atom stereocenters. The van der Waals surface area contributed by atoms with Crippen LogP contribution in [0.1, 0.15) is 6.23 Å². The Kier molecular flexibility index (Phi) is 3.50. The number of fused-ring (bicyclic) bond motifs is 1. The lowest BCUT2D eigenvalue weighted by Gasteiger charge is -2.16. The number of aliphatic hydroxyl groups is 2. The van der Waals surface area contributed by atoms with Crippen molar-refractivity contribution in [3.05, 3.63) is 12.7 Å². The van der Waals surface area contributed by atoms with Crippen LogP contribution in [0.3, 0.4) is 0 Å². The molecule has 1 fully saturated rings. The Bertz CT molecular complexity index is 621. The number of thioether (sulfide) groups is 1. The predicted molar refractivity (Wildman–Crippen MR) is 74.0 cm³/mol. The maximum Gasteiger partial charge on any atom is 0.167 e. The zero-order valence-electron chi connectivity index (χ0n) is 10.7. The minimum Gasteiger partial charge on any atom is -0.387 e. The molecule has 0 bridgehead atoms. The molecule has 0 radical (unpaired) electrons. The van der Waals surface area contributed by atoms with Crippen molar-refractivity contribution < 1.29 is 14.9 Å². The predicted octanol–water partition coefficient (Wildman–Crippen LogP) is -0.609. The van der Waals surface area contributed by atoms with Gasteiger partial charge in [0.2, 0.25) is 0 Å². The highest BCUT2D eigenvalue weighted by atomic mass is 32.2. The first-order valence-electron chi connectivity index (χ1n) is 6.07. The number of aromatic nitrogens is 4. The number of ether oxygens (including phenoxy) is 1. The molecule has 8 nitrogen and oxygen atoms in total. The van der Waals surface area contributed by atoms with Gasteiger partial charge in [-0.25, -0.2) is 15.0 Å². The topological polar surface area (TPSA) is 119 Å². The summed E-state index contributed by atoms with van der Waals surface area (Å²) in [6.45, 7) is 0. The number of rotatable bonds is 3. The highest BCUT2D eigenvalue weighted by molar-refractivity contribution is 7.98. The van der Waals surface area contributed by atoms with Crippen molar-refractivity contribution in [1.82, 2.24) is 19.5 Å². The number of anilines is 1. The summed E-state index contributed by atoms with van der Waals surface area (Å²) in [5.41, 5.74) is 6.64. The van der Waals surface area contributed by atoms with E-state index in [1.807, 2.05) is 6.26 Å². The van der Waals surface area contributed by atoms with Crippen LogP contribution in [0.15, 0.2) is 12.7 Å². The van der Waals surface area contributed by atoms with E-state index < -0.39 is 24.5 Å². The Morgan fingerprint density at radius 3 is 2.90 bits per heavy atom. The molecule has 0 aromatic carbocycles. The largest absolute Gasteiger partial charge is 0.387 e. The van der Waals surface area contributed by atoms with Gasteiger partial charge in [0.25, 0.3) is 0 Å². The molecule has 3 heterocycles. The normalized spacial score (nSPS) is 30.1. The molecule has 0 amide bonds. The van der Waals surface area contributed by atoms with Crippen molar-refractivity contribution >= 4 is 28.7 Å². The number of hydrogen-bond donors (Lipinski definition) is 3. The van der Waals surface area contributed by atoms with E-state index in [0.29, 0.717) is 16.9 Å². The van der Waals surface area contributed by atoms with Gasteiger partial charge in [0.05, 0.1) is 12.4 Å². The molecule has 20 heavy (non-hydrogen) atoms. The second kappa shape index (κ2) is 5.17. The minimum absolute atomic E-state index is 0.266. The van der Waals surface area contributed by atoms with Gasteiger partial charge in [0.15, 0.2) is 17.7 Å². The van der Waals surface area contributed by atoms with Crippen molar-refractivity contribution in [1.29, 1.82) is 0 Å². The van der Waals surface area contributed by atoms with E-state index in [9.17, 15) is 10.2 Å². The third-order valence-electron chi connectivity index (χ3n) is 3.33.